The van der Waals surface area contributed by atoms with Gasteiger partial charge in [0.05, 0.1) is 12.1 Å². The molecule has 0 aromatic heterocycles. The van der Waals surface area contributed by atoms with Gasteiger partial charge in [-0.05, 0) is 44.1 Å². The molecule has 0 amide bonds. The Labute approximate surface area is 108 Å². The van der Waals surface area contributed by atoms with Gasteiger partial charge in [0, 0.05) is 13.2 Å². The monoisotopic (exact) mass is 257 g/mol. The van der Waals surface area contributed by atoms with E-state index in [1.54, 1.807) is 7.11 Å². The van der Waals surface area contributed by atoms with Crippen molar-refractivity contribution in [1.29, 1.82) is 0 Å². The van der Waals surface area contributed by atoms with Crippen molar-refractivity contribution in [2.45, 2.75) is 19.4 Å². The Bertz CT molecular complexity index is 344. The van der Waals surface area contributed by atoms with E-state index in [1.165, 1.54) is 5.56 Å². The highest BCUT2D eigenvalue weighted by Crippen LogP contribution is 2.25. The molecule has 1 aromatic carbocycles. The summed E-state index contributed by atoms with van der Waals surface area (Å²) in [5.41, 5.74) is 1.17. The van der Waals surface area contributed by atoms with Gasteiger partial charge >= 0.3 is 0 Å². The SMILES string of the molecule is COc1ccc(CN(C)CCCCO)cc1Cl. The molecule has 96 valence electrons. The van der Waals surface area contributed by atoms with Crippen LogP contribution < -0.4 is 4.74 Å². The first-order valence-corrected chi connectivity index (χ1v) is 6.17. The Morgan fingerprint density at radius 2 is 2.12 bits per heavy atom. The van der Waals surface area contributed by atoms with Crippen molar-refractivity contribution in [2.24, 2.45) is 0 Å². The molecule has 0 aliphatic rings. The van der Waals surface area contributed by atoms with Crippen molar-refractivity contribution in [3.8, 4) is 5.75 Å². The van der Waals surface area contributed by atoms with Crippen LogP contribution in [0.3, 0.4) is 0 Å². The molecule has 4 heteroatoms. The minimum atomic E-state index is 0.266. The second-order valence-corrected chi connectivity index (χ2v) is 4.54. The minimum absolute atomic E-state index is 0.266. The lowest BCUT2D eigenvalue weighted by molar-refractivity contribution is 0.261. The summed E-state index contributed by atoms with van der Waals surface area (Å²) in [6.45, 7) is 2.10. The lowest BCUT2D eigenvalue weighted by atomic mass is 10.2. The number of ether oxygens (including phenoxy) is 1. The molecule has 0 bridgehead atoms. The van der Waals surface area contributed by atoms with E-state index in [0.717, 1.165) is 25.9 Å². The zero-order chi connectivity index (χ0) is 12.7. The Morgan fingerprint density at radius 1 is 1.35 bits per heavy atom. The summed E-state index contributed by atoms with van der Waals surface area (Å²) in [6, 6.07) is 5.84. The number of methoxy groups -OCH3 is 1. The van der Waals surface area contributed by atoms with Crippen LogP contribution in [0.1, 0.15) is 18.4 Å². The molecular formula is C13H20ClNO2. The van der Waals surface area contributed by atoms with E-state index in [4.69, 9.17) is 21.4 Å². The Kier molecular flexibility index (Phi) is 6.34. The lowest BCUT2D eigenvalue weighted by Gasteiger charge is -2.16. The number of unbranched alkanes of at least 4 members (excludes halogenated alkanes) is 1. The van der Waals surface area contributed by atoms with Crippen LogP contribution in [0.5, 0.6) is 5.75 Å². The number of aliphatic hydroxyl groups is 1. The lowest BCUT2D eigenvalue weighted by Crippen LogP contribution is -2.19. The Balaban J connectivity index is 2.48. The maximum Gasteiger partial charge on any atom is 0.137 e. The summed E-state index contributed by atoms with van der Waals surface area (Å²) in [5, 5.41) is 9.36. The van der Waals surface area contributed by atoms with Crippen LogP contribution in [-0.2, 0) is 6.54 Å². The van der Waals surface area contributed by atoms with Gasteiger partial charge in [-0.15, -0.1) is 0 Å². The fraction of sp³-hybridized carbons (Fsp3) is 0.538. The van der Waals surface area contributed by atoms with Crippen LogP contribution >= 0.6 is 11.6 Å². The summed E-state index contributed by atoms with van der Waals surface area (Å²) in [5.74, 6) is 0.707. The molecule has 0 radical (unpaired) electrons. The minimum Gasteiger partial charge on any atom is -0.495 e. The maximum absolute atomic E-state index is 8.71. The molecule has 0 saturated carbocycles. The average molecular weight is 258 g/mol. The van der Waals surface area contributed by atoms with Crippen molar-refractivity contribution in [3.05, 3.63) is 28.8 Å². The van der Waals surface area contributed by atoms with E-state index in [2.05, 4.69) is 11.9 Å². The summed E-state index contributed by atoms with van der Waals surface area (Å²) < 4.78 is 5.11. The van der Waals surface area contributed by atoms with Gasteiger partial charge in [-0.2, -0.15) is 0 Å². The van der Waals surface area contributed by atoms with E-state index in [9.17, 15) is 0 Å². The van der Waals surface area contributed by atoms with Gasteiger partial charge in [-0.3, -0.25) is 0 Å². The predicted octanol–water partition coefficient (Wildman–Crippen LogP) is 2.55. The first kappa shape index (κ1) is 14.3. The maximum atomic E-state index is 8.71. The van der Waals surface area contributed by atoms with Crippen molar-refractivity contribution < 1.29 is 9.84 Å². The normalized spacial score (nSPS) is 10.9. The first-order chi connectivity index (χ1) is 8.17. The van der Waals surface area contributed by atoms with Gasteiger partial charge in [0.2, 0.25) is 0 Å². The van der Waals surface area contributed by atoms with Gasteiger partial charge in [-0.1, -0.05) is 17.7 Å². The highest BCUT2D eigenvalue weighted by atomic mass is 35.5. The molecule has 0 atom stereocenters. The van der Waals surface area contributed by atoms with Crippen molar-refractivity contribution in [3.63, 3.8) is 0 Å². The van der Waals surface area contributed by atoms with Gasteiger partial charge in [-0.25, -0.2) is 0 Å². The highest BCUT2D eigenvalue weighted by Gasteiger charge is 2.04. The summed E-state index contributed by atoms with van der Waals surface area (Å²) in [6.07, 6.45) is 1.87. The molecule has 0 saturated heterocycles. The molecule has 1 aromatic rings. The van der Waals surface area contributed by atoms with E-state index >= 15 is 0 Å². The fourth-order valence-corrected chi connectivity index (χ4v) is 1.97. The third kappa shape index (κ3) is 4.94. The molecule has 0 unspecified atom stereocenters. The number of nitrogens with zero attached hydrogens (tertiary/aromatic N) is 1. The topological polar surface area (TPSA) is 32.7 Å². The molecule has 3 nitrogen and oxygen atoms in total. The second kappa shape index (κ2) is 7.54. The number of hydrogen-bond acceptors (Lipinski definition) is 3. The van der Waals surface area contributed by atoms with Crippen molar-refractivity contribution >= 4 is 11.6 Å². The van der Waals surface area contributed by atoms with Gasteiger partial charge < -0.3 is 14.7 Å². The molecule has 0 aliphatic carbocycles. The molecular weight excluding hydrogens is 238 g/mol. The number of rotatable bonds is 7. The quantitative estimate of drug-likeness (QED) is 0.762. The number of hydrogen-bond donors (Lipinski definition) is 1. The Hall–Kier alpha value is -0.770. The standard InChI is InChI=1S/C13H20ClNO2/c1-15(7-3-4-8-16)10-11-5-6-13(17-2)12(14)9-11/h5-6,9,16H,3-4,7-8,10H2,1-2H3. The number of aliphatic hydroxyl groups excluding tert-OH is 1. The highest BCUT2D eigenvalue weighted by molar-refractivity contribution is 6.32. The third-order valence-electron chi connectivity index (χ3n) is 2.62. The average Bonchev–Trinajstić information content (AvgIpc) is 2.29. The van der Waals surface area contributed by atoms with Crippen molar-refractivity contribution in [2.75, 3.05) is 27.3 Å². The Morgan fingerprint density at radius 3 is 2.71 bits per heavy atom. The largest absolute Gasteiger partial charge is 0.495 e. The van der Waals surface area contributed by atoms with Crippen LogP contribution in [0.4, 0.5) is 0 Å². The van der Waals surface area contributed by atoms with Crippen molar-refractivity contribution in [1.82, 2.24) is 4.90 Å². The van der Waals surface area contributed by atoms with Crippen LogP contribution in [0.2, 0.25) is 5.02 Å². The van der Waals surface area contributed by atoms with Gasteiger partial charge in [0.1, 0.15) is 5.75 Å². The number of halogens is 1. The first-order valence-electron chi connectivity index (χ1n) is 5.79. The fourth-order valence-electron chi connectivity index (χ4n) is 1.69. The van der Waals surface area contributed by atoms with E-state index < -0.39 is 0 Å². The van der Waals surface area contributed by atoms with Crippen LogP contribution in [0, 0.1) is 0 Å². The van der Waals surface area contributed by atoms with Gasteiger partial charge in [0.25, 0.3) is 0 Å². The zero-order valence-electron chi connectivity index (χ0n) is 10.4. The van der Waals surface area contributed by atoms with E-state index in [0.29, 0.717) is 10.8 Å². The molecule has 0 heterocycles. The smallest absolute Gasteiger partial charge is 0.137 e. The second-order valence-electron chi connectivity index (χ2n) is 4.14. The molecule has 0 spiro atoms. The van der Waals surface area contributed by atoms with E-state index in [-0.39, 0.29) is 6.61 Å². The molecule has 17 heavy (non-hydrogen) atoms. The number of benzene rings is 1. The van der Waals surface area contributed by atoms with Crippen LogP contribution in [-0.4, -0.2) is 37.3 Å². The summed E-state index contributed by atoms with van der Waals surface area (Å²) >= 11 is 6.06. The summed E-state index contributed by atoms with van der Waals surface area (Å²) in [4.78, 5) is 2.22. The third-order valence-corrected chi connectivity index (χ3v) is 2.91. The van der Waals surface area contributed by atoms with Gasteiger partial charge in [0.15, 0.2) is 0 Å². The molecule has 1 N–H and O–H groups in total. The molecule has 0 fully saturated rings. The molecule has 0 aliphatic heterocycles. The molecule has 1 rings (SSSR count). The van der Waals surface area contributed by atoms with Crippen LogP contribution in [0.25, 0.3) is 0 Å². The zero-order valence-corrected chi connectivity index (χ0v) is 11.2. The predicted molar refractivity (Wildman–Crippen MR) is 70.7 cm³/mol. The van der Waals surface area contributed by atoms with E-state index in [1.807, 2.05) is 18.2 Å². The summed E-state index contributed by atoms with van der Waals surface area (Å²) in [7, 11) is 3.68. The van der Waals surface area contributed by atoms with Crippen LogP contribution in [0.15, 0.2) is 18.2 Å².